The number of rotatable bonds is 4. The predicted molar refractivity (Wildman–Crippen MR) is 72.3 cm³/mol. The molecular weight excluding hydrogens is 244 g/mol. The van der Waals surface area contributed by atoms with Crippen molar-refractivity contribution >= 4 is 17.0 Å². The van der Waals surface area contributed by atoms with Crippen molar-refractivity contribution in [3.8, 4) is 0 Å². The minimum Gasteiger partial charge on any atom is -0.480 e. The summed E-state index contributed by atoms with van der Waals surface area (Å²) in [7, 11) is 1.58. The summed E-state index contributed by atoms with van der Waals surface area (Å²) < 4.78 is 6.84. The highest BCUT2D eigenvalue weighted by Crippen LogP contribution is 2.25. The molecule has 2 rings (SSSR count). The maximum absolute atomic E-state index is 11.3. The average molecular weight is 262 g/mol. The van der Waals surface area contributed by atoms with Crippen LogP contribution >= 0.6 is 0 Å². The quantitative estimate of drug-likeness (QED) is 0.919. The van der Waals surface area contributed by atoms with Gasteiger partial charge >= 0.3 is 5.97 Å². The number of carbonyl (C=O) groups is 1. The van der Waals surface area contributed by atoms with E-state index in [9.17, 15) is 9.90 Å². The van der Waals surface area contributed by atoms with Crippen LogP contribution in [-0.2, 0) is 16.1 Å². The Balaban J connectivity index is 2.72. The Morgan fingerprint density at radius 3 is 2.63 bits per heavy atom. The van der Waals surface area contributed by atoms with Crippen molar-refractivity contribution < 1.29 is 14.6 Å². The molecule has 1 heterocycles. The van der Waals surface area contributed by atoms with Gasteiger partial charge in [0.1, 0.15) is 18.5 Å². The Morgan fingerprint density at radius 2 is 2.05 bits per heavy atom. The van der Waals surface area contributed by atoms with Gasteiger partial charge in [-0.3, -0.25) is 0 Å². The van der Waals surface area contributed by atoms with Crippen LogP contribution in [0.5, 0.6) is 0 Å². The Morgan fingerprint density at radius 1 is 1.42 bits per heavy atom. The fourth-order valence-electron chi connectivity index (χ4n) is 2.17. The first-order valence-electron chi connectivity index (χ1n) is 6.15. The van der Waals surface area contributed by atoms with Crippen LogP contribution < -0.4 is 0 Å². The predicted octanol–water partition coefficient (Wildman–Crippen LogP) is 2.45. The zero-order valence-corrected chi connectivity index (χ0v) is 11.6. The second-order valence-electron chi connectivity index (χ2n) is 4.77. The normalized spacial score (nSPS) is 12.8. The number of ether oxygens (including phenoxy) is 1. The lowest BCUT2D eigenvalue weighted by Gasteiger charge is -2.13. The zero-order valence-electron chi connectivity index (χ0n) is 11.6. The van der Waals surface area contributed by atoms with Crippen molar-refractivity contribution in [3.05, 3.63) is 29.1 Å². The molecule has 1 atom stereocenters. The minimum atomic E-state index is -0.880. The Bertz CT molecular complexity index is 631. The van der Waals surface area contributed by atoms with E-state index in [2.05, 4.69) is 4.98 Å². The Kier molecular flexibility index (Phi) is 3.57. The zero-order chi connectivity index (χ0) is 14.2. The first kappa shape index (κ1) is 13.5. The van der Waals surface area contributed by atoms with E-state index >= 15 is 0 Å². The van der Waals surface area contributed by atoms with Gasteiger partial charge in [0.25, 0.3) is 0 Å². The summed E-state index contributed by atoms with van der Waals surface area (Å²) in [6.45, 7) is 5.97. The third-order valence-corrected chi connectivity index (χ3v) is 3.40. The van der Waals surface area contributed by atoms with E-state index < -0.39 is 12.0 Å². The molecule has 2 aromatic rings. The fourth-order valence-corrected chi connectivity index (χ4v) is 2.17. The minimum absolute atomic E-state index is 0.296. The highest BCUT2D eigenvalue weighted by atomic mass is 16.5. The number of hydrogen-bond donors (Lipinski definition) is 1. The van der Waals surface area contributed by atoms with Crippen LogP contribution in [0.2, 0.25) is 0 Å². The lowest BCUT2D eigenvalue weighted by molar-refractivity contribution is -0.140. The molecular formula is C14H18N2O3. The van der Waals surface area contributed by atoms with E-state index in [1.807, 2.05) is 26.0 Å². The van der Waals surface area contributed by atoms with E-state index in [4.69, 9.17) is 4.74 Å². The maximum atomic E-state index is 11.3. The number of carboxylic acids is 1. The molecule has 5 heteroatoms. The fraction of sp³-hybridized carbons (Fsp3) is 0.429. The molecule has 5 nitrogen and oxygen atoms in total. The number of aromatic nitrogens is 2. The molecule has 0 saturated carbocycles. The standard InChI is InChI=1S/C14H18N2O3/c1-8-5-11-12(6-9(8)2)16(10(3)14(17)18)13(15-11)7-19-4/h5-6,10H,7H2,1-4H3,(H,17,18). The summed E-state index contributed by atoms with van der Waals surface area (Å²) in [4.78, 5) is 15.7. The highest BCUT2D eigenvalue weighted by molar-refractivity contribution is 5.81. The van der Waals surface area contributed by atoms with Crippen molar-refractivity contribution in [2.45, 2.75) is 33.4 Å². The summed E-state index contributed by atoms with van der Waals surface area (Å²) in [5, 5.41) is 9.24. The van der Waals surface area contributed by atoms with Crippen molar-refractivity contribution in [2.24, 2.45) is 0 Å². The monoisotopic (exact) mass is 262 g/mol. The number of nitrogens with zero attached hydrogens (tertiary/aromatic N) is 2. The van der Waals surface area contributed by atoms with E-state index in [0.29, 0.717) is 12.4 Å². The molecule has 0 saturated heterocycles. The van der Waals surface area contributed by atoms with Crippen LogP contribution in [0.1, 0.15) is 29.9 Å². The first-order chi connectivity index (χ1) is 8.95. The summed E-state index contributed by atoms with van der Waals surface area (Å²) in [6, 6.07) is 3.29. The van der Waals surface area contributed by atoms with E-state index in [-0.39, 0.29) is 0 Å². The third kappa shape index (κ3) is 2.33. The van der Waals surface area contributed by atoms with Crippen molar-refractivity contribution in [1.29, 1.82) is 0 Å². The van der Waals surface area contributed by atoms with Crippen LogP contribution in [0.15, 0.2) is 12.1 Å². The van der Waals surface area contributed by atoms with Crippen LogP contribution in [0.25, 0.3) is 11.0 Å². The molecule has 102 valence electrons. The Hall–Kier alpha value is -1.88. The molecule has 1 aromatic carbocycles. The molecule has 0 bridgehead atoms. The number of hydrogen-bond acceptors (Lipinski definition) is 3. The number of fused-ring (bicyclic) bond motifs is 1. The van der Waals surface area contributed by atoms with Gasteiger partial charge in [0.15, 0.2) is 0 Å². The van der Waals surface area contributed by atoms with Gasteiger partial charge in [-0.1, -0.05) is 0 Å². The van der Waals surface area contributed by atoms with Gasteiger partial charge < -0.3 is 14.4 Å². The van der Waals surface area contributed by atoms with Crippen molar-refractivity contribution in [1.82, 2.24) is 9.55 Å². The van der Waals surface area contributed by atoms with Crippen molar-refractivity contribution in [2.75, 3.05) is 7.11 Å². The summed E-state index contributed by atoms with van der Waals surface area (Å²) >= 11 is 0. The van der Waals surface area contributed by atoms with E-state index in [0.717, 1.165) is 22.2 Å². The van der Waals surface area contributed by atoms with Gasteiger partial charge in [0.05, 0.1) is 11.0 Å². The van der Waals surface area contributed by atoms with Gasteiger partial charge in [0.2, 0.25) is 0 Å². The van der Waals surface area contributed by atoms with E-state index in [1.54, 1.807) is 18.6 Å². The Labute approximate surface area is 111 Å². The molecule has 0 aliphatic carbocycles. The van der Waals surface area contributed by atoms with Crippen LogP contribution in [0.4, 0.5) is 0 Å². The van der Waals surface area contributed by atoms with Crippen LogP contribution in [0, 0.1) is 13.8 Å². The topological polar surface area (TPSA) is 64.4 Å². The van der Waals surface area contributed by atoms with Gasteiger partial charge in [-0.05, 0) is 44.0 Å². The number of aryl methyl sites for hydroxylation is 2. The molecule has 0 aliphatic rings. The summed E-state index contributed by atoms with van der Waals surface area (Å²) in [5.41, 5.74) is 3.91. The van der Waals surface area contributed by atoms with Gasteiger partial charge in [0, 0.05) is 7.11 Å². The number of benzene rings is 1. The molecule has 0 aliphatic heterocycles. The maximum Gasteiger partial charge on any atom is 0.326 e. The molecule has 1 N–H and O–H groups in total. The molecule has 0 fully saturated rings. The molecule has 0 radical (unpaired) electrons. The smallest absolute Gasteiger partial charge is 0.326 e. The first-order valence-corrected chi connectivity index (χ1v) is 6.15. The number of carboxylic acid groups (broad SMARTS) is 1. The molecule has 1 unspecified atom stereocenters. The van der Waals surface area contributed by atoms with Gasteiger partial charge in [-0.25, -0.2) is 9.78 Å². The second-order valence-corrected chi connectivity index (χ2v) is 4.77. The number of imidazole rings is 1. The summed E-state index contributed by atoms with van der Waals surface area (Å²) in [5.74, 6) is -0.243. The number of methoxy groups -OCH3 is 1. The number of aliphatic carboxylic acids is 1. The van der Waals surface area contributed by atoms with Crippen LogP contribution in [0.3, 0.4) is 0 Å². The second kappa shape index (κ2) is 5.01. The average Bonchev–Trinajstić information content (AvgIpc) is 2.66. The highest BCUT2D eigenvalue weighted by Gasteiger charge is 2.21. The molecule has 1 aromatic heterocycles. The molecule has 0 amide bonds. The van der Waals surface area contributed by atoms with Gasteiger partial charge in [-0.2, -0.15) is 0 Å². The molecule has 0 spiro atoms. The lowest BCUT2D eigenvalue weighted by atomic mass is 10.1. The largest absolute Gasteiger partial charge is 0.480 e. The SMILES string of the molecule is COCc1nc2cc(C)c(C)cc2n1C(C)C(=O)O. The molecule has 19 heavy (non-hydrogen) atoms. The van der Waals surface area contributed by atoms with Crippen LogP contribution in [-0.4, -0.2) is 27.7 Å². The van der Waals surface area contributed by atoms with Crippen molar-refractivity contribution in [3.63, 3.8) is 0 Å². The van der Waals surface area contributed by atoms with E-state index in [1.165, 1.54) is 0 Å². The van der Waals surface area contributed by atoms with Gasteiger partial charge in [-0.15, -0.1) is 0 Å². The lowest BCUT2D eigenvalue weighted by Crippen LogP contribution is -2.18. The summed E-state index contributed by atoms with van der Waals surface area (Å²) in [6.07, 6.45) is 0. The third-order valence-electron chi connectivity index (χ3n) is 3.40.